The molecule has 0 spiro atoms. The summed E-state index contributed by atoms with van der Waals surface area (Å²) >= 11 is 2.73. The zero-order valence-corrected chi connectivity index (χ0v) is 21.1. The van der Waals surface area contributed by atoms with E-state index >= 15 is 0 Å². The molecule has 4 aromatic heterocycles. The molecule has 4 heterocycles. The molecule has 4 aromatic rings. The summed E-state index contributed by atoms with van der Waals surface area (Å²) in [5.41, 5.74) is 3.41. The first-order chi connectivity index (χ1) is 17.6. The van der Waals surface area contributed by atoms with Gasteiger partial charge in [0, 0.05) is 22.1 Å². The molecule has 4 rings (SSSR count). The van der Waals surface area contributed by atoms with Crippen molar-refractivity contribution < 1.29 is 19.1 Å². The molecule has 8 heteroatoms. The van der Waals surface area contributed by atoms with E-state index in [9.17, 15) is 9.59 Å². The Labute approximate surface area is 216 Å². The summed E-state index contributed by atoms with van der Waals surface area (Å²) in [5, 5.41) is 0. The average Bonchev–Trinajstić information content (AvgIpc) is 3.57. The number of carbonyl (C=O) groups excluding carboxylic acids is 2. The van der Waals surface area contributed by atoms with E-state index in [1.807, 2.05) is 60.7 Å². The maximum Gasteiger partial charge on any atom is 0.353 e. The smallest absolute Gasteiger partial charge is 0.353 e. The van der Waals surface area contributed by atoms with Crippen LogP contribution in [0.4, 0.5) is 0 Å². The van der Waals surface area contributed by atoms with Crippen LogP contribution in [0.1, 0.15) is 47.1 Å². The van der Waals surface area contributed by atoms with E-state index in [4.69, 9.17) is 9.47 Å². The topological polar surface area (TPSA) is 78.4 Å². The van der Waals surface area contributed by atoms with E-state index in [0.717, 1.165) is 38.5 Å². The monoisotopic (exact) mass is 514 g/mol. The maximum absolute atomic E-state index is 11.9. The summed E-state index contributed by atoms with van der Waals surface area (Å²) in [6, 6.07) is 15.0. The zero-order chi connectivity index (χ0) is 25.3. The molecule has 0 aromatic carbocycles. The molecule has 0 aliphatic rings. The Bertz CT molecular complexity index is 1450. The van der Waals surface area contributed by atoms with Crippen molar-refractivity contribution in [1.29, 1.82) is 0 Å². The van der Waals surface area contributed by atoms with Gasteiger partial charge in [0.25, 0.3) is 0 Å². The van der Waals surface area contributed by atoms with Crippen molar-refractivity contribution in [1.82, 2.24) is 9.97 Å². The van der Waals surface area contributed by atoms with Gasteiger partial charge < -0.3 is 9.47 Å². The van der Waals surface area contributed by atoms with E-state index in [-0.39, 0.29) is 5.97 Å². The number of rotatable bonds is 9. The second-order valence-corrected chi connectivity index (χ2v) is 9.54. The van der Waals surface area contributed by atoms with Crippen LogP contribution < -0.4 is 0 Å². The minimum Gasteiger partial charge on any atom is -0.462 e. The fourth-order valence-corrected chi connectivity index (χ4v) is 4.78. The molecule has 0 fully saturated rings. The largest absolute Gasteiger partial charge is 0.462 e. The molecule has 0 saturated heterocycles. The van der Waals surface area contributed by atoms with E-state index in [1.54, 1.807) is 31.5 Å². The highest BCUT2D eigenvalue weighted by Gasteiger charge is 2.10. The highest BCUT2D eigenvalue weighted by molar-refractivity contribution is 7.15. The summed E-state index contributed by atoms with van der Waals surface area (Å²) in [6.07, 6.45) is 12.4. The van der Waals surface area contributed by atoms with Crippen LogP contribution in [0.2, 0.25) is 0 Å². The lowest BCUT2D eigenvalue weighted by Gasteiger charge is -2.03. The third-order valence-electron chi connectivity index (χ3n) is 4.83. The molecule has 0 aliphatic heterocycles. The second kappa shape index (κ2) is 12.0. The molecule has 0 atom stereocenters. The van der Waals surface area contributed by atoms with Crippen molar-refractivity contribution in [2.75, 3.05) is 6.61 Å². The van der Waals surface area contributed by atoms with Crippen LogP contribution in [0.3, 0.4) is 0 Å². The van der Waals surface area contributed by atoms with Gasteiger partial charge in [-0.1, -0.05) is 18.7 Å². The standard InChI is InChI=1S/C28H22N2O4S2/c1-3-33-27(31)25-11-9-21(35-25)7-5-19-13-15-29-23(17-19)24-18-20(14-16-30-24)6-8-22-10-12-26(36-22)28(32)34-4-2/h3,5-18H,1,4H2,2H3. The molecule has 0 unspecified atom stereocenters. The molecule has 0 N–H and O–H groups in total. The second-order valence-electron chi connectivity index (χ2n) is 7.31. The molecular weight excluding hydrogens is 492 g/mol. The van der Waals surface area contributed by atoms with Crippen LogP contribution in [0.25, 0.3) is 35.7 Å². The highest BCUT2D eigenvalue weighted by atomic mass is 32.1. The predicted molar refractivity (Wildman–Crippen MR) is 146 cm³/mol. The van der Waals surface area contributed by atoms with Crippen molar-refractivity contribution in [3.05, 3.63) is 104 Å². The number of pyridine rings is 2. The number of aromatic nitrogens is 2. The summed E-state index contributed by atoms with van der Waals surface area (Å²) in [6.45, 7) is 5.55. The minimum atomic E-state index is -0.417. The lowest BCUT2D eigenvalue weighted by atomic mass is 10.1. The molecule has 0 saturated carbocycles. The lowest BCUT2D eigenvalue weighted by molar-refractivity contribution is 0.0531. The number of hydrogen-bond donors (Lipinski definition) is 0. The number of carbonyl (C=O) groups is 2. The molecule has 0 amide bonds. The summed E-state index contributed by atoms with van der Waals surface area (Å²) < 4.78 is 9.86. The third kappa shape index (κ3) is 6.50. The Balaban J connectivity index is 1.47. The van der Waals surface area contributed by atoms with Crippen LogP contribution in [0.5, 0.6) is 0 Å². The van der Waals surface area contributed by atoms with Crippen molar-refractivity contribution in [3.63, 3.8) is 0 Å². The summed E-state index contributed by atoms with van der Waals surface area (Å²) in [7, 11) is 0. The van der Waals surface area contributed by atoms with Gasteiger partial charge in [-0.25, -0.2) is 9.59 Å². The molecule has 36 heavy (non-hydrogen) atoms. The molecule has 6 nitrogen and oxygen atoms in total. The Morgan fingerprint density at radius 2 is 1.33 bits per heavy atom. The summed E-state index contributed by atoms with van der Waals surface area (Å²) in [4.78, 5) is 35.6. The first-order valence-electron chi connectivity index (χ1n) is 11.0. The van der Waals surface area contributed by atoms with Crippen LogP contribution in [-0.4, -0.2) is 28.5 Å². The number of nitrogens with zero attached hydrogens (tertiary/aromatic N) is 2. The van der Waals surface area contributed by atoms with Crippen LogP contribution in [-0.2, 0) is 9.47 Å². The zero-order valence-electron chi connectivity index (χ0n) is 19.4. The van der Waals surface area contributed by atoms with Gasteiger partial charge in [-0.3, -0.25) is 9.97 Å². The fourth-order valence-electron chi connectivity index (χ4n) is 3.18. The van der Waals surface area contributed by atoms with Gasteiger partial charge in [-0.15, -0.1) is 22.7 Å². The molecular formula is C28H22N2O4S2. The molecule has 0 bridgehead atoms. The van der Waals surface area contributed by atoms with Gasteiger partial charge in [-0.2, -0.15) is 0 Å². The summed E-state index contributed by atoms with van der Waals surface area (Å²) in [5.74, 6) is -0.720. The number of thiophene rings is 2. The van der Waals surface area contributed by atoms with Gasteiger partial charge in [0.1, 0.15) is 9.75 Å². The predicted octanol–water partition coefficient (Wildman–Crippen LogP) is 7.08. The minimum absolute atomic E-state index is 0.303. The number of hydrogen-bond acceptors (Lipinski definition) is 8. The van der Waals surface area contributed by atoms with Crippen LogP contribution in [0, 0.1) is 0 Å². The maximum atomic E-state index is 11.9. The van der Waals surface area contributed by atoms with Gasteiger partial charge in [-0.05, 0) is 78.7 Å². The quantitative estimate of drug-likeness (QED) is 0.175. The van der Waals surface area contributed by atoms with Crippen molar-refractivity contribution in [2.45, 2.75) is 6.92 Å². The van der Waals surface area contributed by atoms with Gasteiger partial charge >= 0.3 is 11.9 Å². The number of esters is 2. The van der Waals surface area contributed by atoms with E-state index in [0.29, 0.717) is 16.4 Å². The third-order valence-corrected chi connectivity index (χ3v) is 6.89. The van der Waals surface area contributed by atoms with Gasteiger partial charge in [0.2, 0.25) is 0 Å². The Kier molecular flexibility index (Phi) is 8.33. The van der Waals surface area contributed by atoms with Crippen LogP contribution in [0.15, 0.2) is 73.8 Å². The normalized spacial score (nSPS) is 11.1. The molecule has 0 aliphatic carbocycles. The van der Waals surface area contributed by atoms with Crippen molar-refractivity contribution in [2.24, 2.45) is 0 Å². The van der Waals surface area contributed by atoms with Crippen LogP contribution >= 0.6 is 22.7 Å². The van der Waals surface area contributed by atoms with Crippen molar-refractivity contribution >= 4 is 58.9 Å². The fraction of sp³-hybridized carbons (Fsp3) is 0.0714. The van der Waals surface area contributed by atoms with E-state index in [2.05, 4.69) is 16.5 Å². The molecule has 0 radical (unpaired) electrons. The Morgan fingerprint density at radius 3 is 1.83 bits per heavy atom. The highest BCUT2D eigenvalue weighted by Crippen LogP contribution is 2.23. The Hall–Kier alpha value is -4.14. The van der Waals surface area contributed by atoms with Crippen molar-refractivity contribution in [3.8, 4) is 11.4 Å². The first-order valence-corrected chi connectivity index (χ1v) is 12.7. The first kappa shape index (κ1) is 25.0. The Morgan fingerprint density at radius 1 is 0.806 bits per heavy atom. The average molecular weight is 515 g/mol. The number of ether oxygens (including phenoxy) is 2. The van der Waals surface area contributed by atoms with Gasteiger partial charge in [0.15, 0.2) is 0 Å². The molecule has 180 valence electrons. The SMILES string of the molecule is C=COC(=O)c1ccc(C=Cc2ccnc(-c3cc(C=Cc4ccc(C(=O)OCC)s4)ccn3)c2)s1. The lowest BCUT2D eigenvalue weighted by Crippen LogP contribution is -2.01. The van der Waals surface area contributed by atoms with E-state index in [1.165, 1.54) is 22.7 Å². The van der Waals surface area contributed by atoms with E-state index < -0.39 is 5.97 Å². The van der Waals surface area contributed by atoms with Gasteiger partial charge in [0.05, 0.1) is 24.3 Å².